The Kier molecular flexibility index (Phi) is 6.16. The van der Waals surface area contributed by atoms with E-state index in [0.717, 1.165) is 34.6 Å². The van der Waals surface area contributed by atoms with Gasteiger partial charge in [0.15, 0.2) is 17.5 Å². The van der Waals surface area contributed by atoms with Crippen molar-refractivity contribution < 1.29 is 30.4 Å². The van der Waals surface area contributed by atoms with Gasteiger partial charge in [-0.15, -0.1) is 5.10 Å². The van der Waals surface area contributed by atoms with E-state index in [4.69, 9.17) is 0 Å². The van der Waals surface area contributed by atoms with E-state index < -0.39 is 38.3 Å². The van der Waals surface area contributed by atoms with Crippen molar-refractivity contribution in [2.45, 2.75) is 17.6 Å². The molecule has 0 unspecified atom stereocenters. The fraction of sp³-hybridized carbons (Fsp3) is 0.316. The fourth-order valence-corrected chi connectivity index (χ4v) is 4.90. The predicted molar refractivity (Wildman–Crippen MR) is 105 cm³/mol. The molecule has 2 aromatic carbocycles. The van der Waals surface area contributed by atoms with E-state index in [2.05, 4.69) is 15.5 Å². The molecule has 1 saturated heterocycles. The van der Waals surface area contributed by atoms with Crippen LogP contribution in [0, 0.1) is 11.6 Å². The van der Waals surface area contributed by atoms with Crippen LogP contribution in [0.5, 0.6) is 0 Å². The zero-order valence-electron chi connectivity index (χ0n) is 16.9. The SMILES string of the molecule is O=S(=O)(c1cccc(C(F)(F)F)c1)N1CCN(Cc2nnnn2-c2ccc(F)c(F)c2)CC1. The Labute approximate surface area is 185 Å². The van der Waals surface area contributed by atoms with Gasteiger partial charge in [-0.25, -0.2) is 17.2 Å². The molecule has 8 nitrogen and oxygen atoms in total. The highest BCUT2D eigenvalue weighted by Gasteiger charge is 2.34. The van der Waals surface area contributed by atoms with Gasteiger partial charge in [-0.3, -0.25) is 4.90 Å². The summed E-state index contributed by atoms with van der Waals surface area (Å²) in [7, 11) is -4.11. The van der Waals surface area contributed by atoms with Crippen LogP contribution < -0.4 is 0 Å². The molecule has 1 aliphatic rings. The standard InChI is InChI=1S/C19H17F5N6O2S/c20-16-5-4-14(11-17(16)21)30-18(25-26-27-30)12-28-6-8-29(9-7-28)33(31,32)15-3-1-2-13(10-15)19(22,23)24/h1-5,10-11H,6-9,12H2. The Morgan fingerprint density at radius 3 is 2.33 bits per heavy atom. The molecular formula is C19H17F5N6O2S. The summed E-state index contributed by atoms with van der Waals surface area (Å²) in [5.74, 6) is -1.73. The summed E-state index contributed by atoms with van der Waals surface area (Å²) < 4.78 is 93.6. The highest BCUT2D eigenvalue weighted by Crippen LogP contribution is 2.31. The molecule has 14 heteroatoms. The Morgan fingerprint density at radius 2 is 1.67 bits per heavy atom. The molecule has 0 atom stereocenters. The smallest absolute Gasteiger partial charge is 0.293 e. The lowest BCUT2D eigenvalue weighted by Gasteiger charge is -2.33. The van der Waals surface area contributed by atoms with E-state index >= 15 is 0 Å². The number of nitrogens with zero attached hydrogens (tertiary/aromatic N) is 6. The third kappa shape index (κ3) is 4.86. The molecule has 0 spiro atoms. The minimum Gasteiger partial charge on any atom is -0.293 e. The van der Waals surface area contributed by atoms with Crippen LogP contribution >= 0.6 is 0 Å². The van der Waals surface area contributed by atoms with Gasteiger partial charge in [0, 0.05) is 32.2 Å². The minimum atomic E-state index is -4.65. The first-order chi connectivity index (χ1) is 15.6. The Hall–Kier alpha value is -2.97. The number of hydrogen-bond acceptors (Lipinski definition) is 6. The van der Waals surface area contributed by atoms with E-state index in [1.54, 1.807) is 0 Å². The van der Waals surface area contributed by atoms with Crippen molar-refractivity contribution in [3.63, 3.8) is 0 Å². The van der Waals surface area contributed by atoms with Crippen LogP contribution in [0.3, 0.4) is 0 Å². The number of benzene rings is 2. The number of tetrazole rings is 1. The molecule has 0 amide bonds. The summed E-state index contributed by atoms with van der Waals surface area (Å²) in [5.41, 5.74) is -0.814. The first kappa shape index (κ1) is 23.2. The van der Waals surface area contributed by atoms with Gasteiger partial charge < -0.3 is 0 Å². The Morgan fingerprint density at radius 1 is 0.939 bits per heavy atom. The van der Waals surface area contributed by atoms with E-state index in [-0.39, 0.29) is 38.4 Å². The molecule has 0 aliphatic carbocycles. The second-order valence-electron chi connectivity index (χ2n) is 7.31. The van der Waals surface area contributed by atoms with Gasteiger partial charge >= 0.3 is 6.18 Å². The molecular weight excluding hydrogens is 471 g/mol. The second kappa shape index (κ2) is 8.76. The van der Waals surface area contributed by atoms with Crippen LogP contribution in [-0.4, -0.2) is 64.0 Å². The maximum Gasteiger partial charge on any atom is 0.416 e. The minimum absolute atomic E-state index is 0.0469. The predicted octanol–water partition coefficient (Wildman–Crippen LogP) is 2.47. The molecule has 0 saturated carbocycles. The van der Waals surface area contributed by atoms with Gasteiger partial charge in [-0.05, 0) is 40.8 Å². The van der Waals surface area contributed by atoms with Crippen LogP contribution in [0.25, 0.3) is 5.69 Å². The van der Waals surface area contributed by atoms with Gasteiger partial charge in [0.2, 0.25) is 10.0 Å². The molecule has 0 N–H and O–H groups in total. The van der Waals surface area contributed by atoms with Gasteiger partial charge in [0.1, 0.15) is 0 Å². The Balaban J connectivity index is 1.44. The highest BCUT2D eigenvalue weighted by molar-refractivity contribution is 7.89. The molecule has 0 bridgehead atoms. The van der Waals surface area contributed by atoms with Crippen molar-refractivity contribution in [2.75, 3.05) is 26.2 Å². The molecule has 1 fully saturated rings. The first-order valence-corrected chi connectivity index (χ1v) is 11.1. The molecule has 0 radical (unpaired) electrons. The summed E-state index contributed by atoms with van der Waals surface area (Å²) in [4.78, 5) is 1.42. The van der Waals surface area contributed by atoms with E-state index in [1.165, 1.54) is 10.7 Å². The first-order valence-electron chi connectivity index (χ1n) is 9.68. The van der Waals surface area contributed by atoms with Crippen molar-refractivity contribution in [2.24, 2.45) is 0 Å². The number of alkyl halides is 3. The summed E-state index contributed by atoms with van der Waals surface area (Å²) >= 11 is 0. The number of rotatable bonds is 5. The largest absolute Gasteiger partial charge is 0.416 e. The van der Waals surface area contributed by atoms with E-state index in [0.29, 0.717) is 11.9 Å². The monoisotopic (exact) mass is 488 g/mol. The van der Waals surface area contributed by atoms with E-state index in [1.807, 2.05) is 4.90 Å². The average Bonchev–Trinajstić information content (AvgIpc) is 3.23. The second-order valence-corrected chi connectivity index (χ2v) is 9.25. The van der Waals surface area contributed by atoms with E-state index in [9.17, 15) is 30.4 Å². The lowest BCUT2D eigenvalue weighted by molar-refractivity contribution is -0.137. The maximum atomic E-state index is 13.6. The van der Waals surface area contributed by atoms with Crippen LogP contribution in [0.15, 0.2) is 47.4 Å². The third-order valence-corrected chi connectivity index (χ3v) is 7.07. The topological polar surface area (TPSA) is 84.2 Å². The molecule has 33 heavy (non-hydrogen) atoms. The van der Waals surface area contributed by atoms with Crippen molar-refractivity contribution >= 4 is 10.0 Å². The quantitative estimate of drug-likeness (QED) is 0.513. The zero-order valence-corrected chi connectivity index (χ0v) is 17.7. The maximum absolute atomic E-state index is 13.6. The Bertz CT molecular complexity index is 1260. The number of halogens is 5. The summed E-state index contributed by atoms with van der Waals surface area (Å²) in [6.07, 6.45) is -4.65. The zero-order chi connectivity index (χ0) is 23.8. The molecule has 3 aromatic rings. The van der Waals surface area contributed by atoms with Crippen molar-refractivity contribution in [3.05, 3.63) is 65.5 Å². The van der Waals surface area contributed by atoms with Crippen molar-refractivity contribution in [1.82, 2.24) is 29.4 Å². The highest BCUT2D eigenvalue weighted by atomic mass is 32.2. The van der Waals surface area contributed by atoms with Crippen molar-refractivity contribution in [3.8, 4) is 5.69 Å². The van der Waals surface area contributed by atoms with Gasteiger partial charge in [-0.2, -0.15) is 22.2 Å². The molecule has 1 aliphatic heterocycles. The fourth-order valence-electron chi connectivity index (χ4n) is 3.43. The summed E-state index contributed by atoms with van der Waals surface area (Å²) in [5, 5.41) is 11.2. The molecule has 1 aromatic heterocycles. The average molecular weight is 488 g/mol. The number of hydrogen-bond donors (Lipinski definition) is 0. The van der Waals surface area contributed by atoms with Crippen LogP contribution in [0.4, 0.5) is 22.0 Å². The number of sulfonamides is 1. The van der Waals surface area contributed by atoms with Gasteiger partial charge in [-0.1, -0.05) is 6.07 Å². The summed E-state index contributed by atoms with van der Waals surface area (Å²) in [6, 6.07) is 6.85. The number of piperazine rings is 1. The molecule has 176 valence electrons. The van der Waals surface area contributed by atoms with Gasteiger partial charge in [0.25, 0.3) is 0 Å². The third-order valence-electron chi connectivity index (χ3n) is 5.18. The molecule has 4 rings (SSSR count). The lowest BCUT2D eigenvalue weighted by atomic mass is 10.2. The number of aromatic nitrogens is 4. The van der Waals surface area contributed by atoms with Gasteiger partial charge in [0.05, 0.1) is 22.7 Å². The normalized spacial score (nSPS) is 16.3. The lowest BCUT2D eigenvalue weighted by Crippen LogP contribution is -2.48. The van der Waals surface area contributed by atoms with Crippen molar-refractivity contribution in [1.29, 1.82) is 0 Å². The molecule has 2 heterocycles. The van der Waals surface area contributed by atoms with Crippen LogP contribution in [0.2, 0.25) is 0 Å². The van der Waals surface area contributed by atoms with Crippen LogP contribution in [0.1, 0.15) is 11.4 Å². The summed E-state index contributed by atoms with van der Waals surface area (Å²) in [6.45, 7) is 0.825. The van der Waals surface area contributed by atoms with Crippen LogP contribution in [-0.2, 0) is 22.7 Å².